The van der Waals surface area contributed by atoms with Gasteiger partial charge in [-0.2, -0.15) is 0 Å². The van der Waals surface area contributed by atoms with E-state index in [1.165, 1.54) is 0 Å². The summed E-state index contributed by atoms with van der Waals surface area (Å²) in [4.78, 5) is 16.8. The molecule has 3 rings (SSSR count). The molecule has 4 nitrogen and oxygen atoms in total. The molecule has 1 heterocycles. The van der Waals surface area contributed by atoms with Gasteiger partial charge in [0.2, 0.25) is 0 Å². The Hall–Kier alpha value is -2.62. The number of anilines is 1. The van der Waals surface area contributed by atoms with Crippen LogP contribution in [-0.2, 0) is 0 Å². The summed E-state index contributed by atoms with van der Waals surface area (Å²) in [6.07, 6.45) is 1.04. The Morgan fingerprint density at radius 3 is 2.57 bits per heavy atom. The van der Waals surface area contributed by atoms with Crippen molar-refractivity contribution >= 4 is 17.4 Å². The van der Waals surface area contributed by atoms with E-state index >= 15 is 0 Å². The summed E-state index contributed by atoms with van der Waals surface area (Å²) in [7, 11) is 0. The minimum Gasteiger partial charge on any atom is -0.370 e. The van der Waals surface area contributed by atoms with Crippen molar-refractivity contribution in [1.82, 2.24) is 5.32 Å². The molecular weight excluding hydrogens is 262 g/mol. The van der Waals surface area contributed by atoms with E-state index in [-0.39, 0.29) is 5.91 Å². The van der Waals surface area contributed by atoms with Crippen LogP contribution in [0.25, 0.3) is 0 Å². The Labute approximate surface area is 123 Å². The summed E-state index contributed by atoms with van der Waals surface area (Å²) in [5.74, 6) is 0.740. The molecule has 4 heteroatoms. The molecule has 0 saturated heterocycles. The van der Waals surface area contributed by atoms with Crippen molar-refractivity contribution in [2.24, 2.45) is 4.99 Å². The van der Waals surface area contributed by atoms with Crippen LogP contribution in [0.5, 0.6) is 0 Å². The molecule has 0 fully saturated rings. The maximum atomic E-state index is 12.3. The number of benzene rings is 2. The summed E-state index contributed by atoms with van der Waals surface area (Å²) >= 11 is 0. The molecule has 1 amide bonds. The monoisotopic (exact) mass is 279 g/mol. The van der Waals surface area contributed by atoms with Gasteiger partial charge < -0.3 is 10.6 Å². The predicted octanol–water partition coefficient (Wildman–Crippen LogP) is 2.68. The zero-order valence-corrected chi connectivity index (χ0v) is 11.7. The van der Waals surface area contributed by atoms with Crippen molar-refractivity contribution < 1.29 is 4.79 Å². The molecule has 21 heavy (non-hydrogen) atoms. The Morgan fingerprint density at radius 2 is 1.81 bits per heavy atom. The lowest BCUT2D eigenvalue weighted by atomic mass is 10.1. The first kappa shape index (κ1) is 13.4. The minimum atomic E-state index is -0.112. The van der Waals surface area contributed by atoms with Gasteiger partial charge in [0.05, 0.1) is 5.69 Å². The number of carbonyl (C=O) groups is 1. The molecule has 2 N–H and O–H groups in total. The van der Waals surface area contributed by atoms with Gasteiger partial charge in [0.15, 0.2) is 0 Å². The first-order valence-electron chi connectivity index (χ1n) is 7.09. The van der Waals surface area contributed by atoms with Crippen LogP contribution in [0.3, 0.4) is 0 Å². The van der Waals surface area contributed by atoms with E-state index in [2.05, 4.69) is 15.6 Å². The van der Waals surface area contributed by atoms with Crippen LogP contribution in [0.15, 0.2) is 59.6 Å². The van der Waals surface area contributed by atoms with E-state index in [0.717, 1.165) is 36.6 Å². The second-order valence-electron chi connectivity index (χ2n) is 4.88. The van der Waals surface area contributed by atoms with Crippen molar-refractivity contribution in [2.75, 3.05) is 18.4 Å². The molecule has 1 aliphatic heterocycles. The Balaban J connectivity index is 1.86. The summed E-state index contributed by atoms with van der Waals surface area (Å²) in [5.41, 5.74) is 2.35. The van der Waals surface area contributed by atoms with Crippen LogP contribution in [-0.4, -0.2) is 24.8 Å². The first-order chi connectivity index (χ1) is 10.3. The number of amidine groups is 1. The smallest absolute Gasteiger partial charge is 0.255 e. The highest BCUT2D eigenvalue weighted by molar-refractivity contribution is 6.10. The molecular formula is C17H17N3O. The van der Waals surface area contributed by atoms with Gasteiger partial charge in [-0.1, -0.05) is 30.3 Å². The van der Waals surface area contributed by atoms with E-state index in [9.17, 15) is 4.79 Å². The van der Waals surface area contributed by atoms with Crippen molar-refractivity contribution in [2.45, 2.75) is 6.42 Å². The summed E-state index contributed by atoms with van der Waals surface area (Å²) < 4.78 is 0. The van der Waals surface area contributed by atoms with Crippen molar-refractivity contribution in [3.8, 4) is 0 Å². The fourth-order valence-electron chi connectivity index (χ4n) is 2.30. The lowest BCUT2D eigenvalue weighted by molar-refractivity contribution is 0.102. The highest BCUT2D eigenvalue weighted by atomic mass is 16.1. The maximum absolute atomic E-state index is 12.3. The SMILES string of the molecule is O=C(Nc1ccccc1C1=NCCCN1)c1ccccc1. The Bertz CT molecular complexity index is 665. The van der Waals surface area contributed by atoms with E-state index in [0.29, 0.717) is 5.56 Å². The van der Waals surface area contributed by atoms with Crippen LogP contribution in [0.4, 0.5) is 5.69 Å². The molecule has 0 unspecified atom stereocenters. The van der Waals surface area contributed by atoms with Gasteiger partial charge in [-0.05, 0) is 30.7 Å². The van der Waals surface area contributed by atoms with Crippen LogP contribution in [0.2, 0.25) is 0 Å². The van der Waals surface area contributed by atoms with Crippen LogP contribution >= 0.6 is 0 Å². The molecule has 0 bridgehead atoms. The third kappa shape index (κ3) is 3.11. The van der Waals surface area contributed by atoms with Gasteiger partial charge in [-0.3, -0.25) is 9.79 Å². The van der Waals surface area contributed by atoms with E-state index in [1.807, 2.05) is 42.5 Å². The van der Waals surface area contributed by atoms with Gasteiger partial charge >= 0.3 is 0 Å². The zero-order chi connectivity index (χ0) is 14.5. The Morgan fingerprint density at radius 1 is 1.05 bits per heavy atom. The van der Waals surface area contributed by atoms with Gasteiger partial charge in [0.1, 0.15) is 5.84 Å². The topological polar surface area (TPSA) is 53.5 Å². The van der Waals surface area contributed by atoms with Crippen LogP contribution in [0.1, 0.15) is 22.3 Å². The number of carbonyl (C=O) groups excluding carboxylic acids is 1. The minimum absolute atomic E-state index is 0.112. The number of hydrogen-bond acceptors (Lipinski definition) is 3. The first-order valence-corrected chi connectivity index (χ1v) is 7.09. The second kappa shape index (κ2) is 6.22. The third-order valence-electron chi connectivity index (χ3n) is 3.36. The van der Waals surface area contributed by atoms with Gasteiger partial charge in [-0.25, -0.2) is 0 Å². The molecule has 0 spiro atoms. The van der Waals surface area contributed by atoms with Crippen molar-refractivity contribution in [3.05, 3.63) is 65.7 Å². The van der Waals surface area contributed by atoms with Crippen molar-refractivity contribution in [3.63, 3.8) is 0 Å². The number of para-hydroxylation sites is 1. The van der Waals surface area contributed by atoms with E-state index < -0.39 is 0 Å². The highest BCUT2D eigenvalue weighted by Crippen LogP contribution is 2.17. The molecule has 1 aliphatic rings. The molecule has 0 saturated carbocycles. The Kier molecular flexibility index (Phi) is 3.96. The lowest BCUT2D eigenvalue weighted by Gasteiger charge is -2.17. The fourth-order valence-corrected chi connectivity index (χ4v) is 2.30. The normalized spacial score (nSPS) is 14.0. The fraction of sp³-hybridized carbons (Fsp3) is 0.176. The average molecular weight is 279 g/mol. The summed E-state index contributed by atoms with van der Waals surface area (Å²) in [6.45, 7) is 1.74. The van der Waals surface area contributed by atoms with Crippen LogP contribution in [0, 0.1) is 0 Å². The molecule has 2 aromatic carbocycles. The van der Waals surface area contributed by atoms with Gasteiger partial charge in [0.25, 0.3) is 5.91 Å². The lowest BCUT2D eigenvalue weighted by Crippen LogP contribution is -2.31. The number of nitrogens with zero attached hydrogens (tertiary/aromatic N) is 1. The number of nitrogens with one attached hydrogen (secondary N) is 2. The summed E-state index contributed by atoms with van der Waals surface area (Å²) in [5, 5.41) is 6.25. The highest BCUT2D eigenvalue weighted by Gasteiger charge is 2.13. The average Bonchev–Trinajstić information content (AvgIpc) is 2.57. The standard InChI is InChI=1S/C17H17N3O/c21-17(13-7-2-1-3-8-13)20-15-10-5-4-9-14(15)16-18-11-6-12-19-16/h1-5,7-10H,6,11-12H2,(H,18,19)(H,20,21). The molecule has 0 radical (unpaired) electrons. The largest absolute Gasteiger partial charge is 0.370 e. The van der Waals surface area contributed by atoms with E-state index in [1.54, 1.807) is 12.1 Å². The summed E-state index contributed by atoms with van der Waals surface area (Å²) in [6, 6.07) is 16.9. The number of aliphatic imine (C=N–C) groups is 1. The number of rotatable bonds is 3. The van der Waals surface area contributed by atoms with Gasteiger partial charge in [0, 0.05) is 24.2 Å². The number of amides is 1. The third-order valence-corrected chi connectivity index (χ3v) is 3.36. The second-order valence-corrected chi connectivity index (χ2v) is 4.88. The molecule has 2 aromatic rings. The maximum Gasteiger partial charge on any atom is 0.255 e. The van der Waals surface area contributed by atoms with Crippen LogP contribution < -0.4 is 10.6 Å². The molecule has 106 valence electrons. The quantitative estimate of drug-likeness (QED) is 0.907. The van der Waals surface area contributed by atoms with Gasteiger partial charge in [-0.15, -0.1) is 0 Å². The van der Waals surface area contributed by atoms with E-state index in [4.69, 9.17) is 0 Å². The van der Waals surface area contributed by atoms with Crippen molar-refractivity contribution in [1.29, 1.82) is 0 Å². The molecule has 0 aliphatic carbocycles. The predicted molar refractivity (Wildman–Crippen MR) is 84.9 cm³/mol. The zero-order valence-electron chi connectivity index (χ0n) is 11.7. The molecule has 0 aromatic heterocycles. The number of hydrogen-bond donors (Lipinski definition) is 2. The molecule has 0 atom stereocenters.